The number of rotatable bonds is 9. The summed E-state index contributed by atoms with van der Waals surface area (Å²) in [6, 6.07) is 17.0. The van der Waals surface area contributed by atoms with Crippen LogP contribution in [-0.2, 0) is 16.6 Å². The van der Waals surface area contributed by atoms with Gasteiger partial charge in [0.2, 0.25) is 5.95 Å². The molecule has 0 bridgehead atoms. The third-order valence-electron chi connectivity index (χ3n) is 4.74. The van der Waals surface area contributed by atoms with Gasteiger partial charge in [-0.15, -0.1) is 0 Å². The highest BCUT2D eigenvalue weighted by Crippen LogP contribution is 2.19. The first kappa shape index (κ1) is 23.6. The van der Waals surface area contributed by atoms with Crippen LogP contribution in [0, 0.1) is 0 Å². The van der Waals surface area contributed by atoms with E-state index in [9.17, 15) is 18.0 Å². The van der Waals surface area contributed by atoms with Gasteiger partial charge in [0, 0.05) is 23.6 Å². The summed E-state index contributed by atoms with van der Waals surface area (Å²) in [5, 5.41) is 2.65. The summed E-state index contributed by atoms with van der Waals surface area (Å²) < 4.78 is 38.3. The van der Waals surface area contributed by atoms with Crippen LogP contribution in [0.1, 0.15) is 33.6 Å². The first-order chi connectivity index (χ1) is 16.8. The molecule has 0 saturated heterocycles. The van der Waals surface area contributed by atoms with Gasteiger partial charge in [0.1, 0.15) is 18.1 Å². The lowest BCUT2D eigenvalue weighted by atomic mass is 10.1. The highest BCUT2D eigenvalue weighted by molar-refractivity contribution is 7.92. The second-order valence-corrected chi connectivity index (χ2v) is 8.97. The fourth-order valence-corrected chi connectivity index (χ4v) is 3.92. The average molecular weight is 493 g/mol. The van der Waals surface area contributed by atoms with Crippen molar-refractivity contribution in [2.24, 2.45) is 0 Å². The van der Waals surface area contributed by atoms with Crippen molar-refractivity contribution in [2.75, 3.05) is 10.0 Å². The molecule has 0 atom stereocenters. The second-order valence-electron chi connectivity index (χ2n) is 7.29. The number of sulfonamides is 1. The van der Waals surface area contributed by atoms with Gasteiger partial charge >= 0.3 is 0 Å². The predicted molar refractivity (Wildman–Crippen MR) is 127 cm³/mol. The molecule has 2 heterocycles. The first-order valence-electron chi connectivity index (χ1n) is 10.3. The molecule has 11 heteroatoms. The third kappa shape index (κ3) is 6.09. The van der Waals surface area contributed by atoms with Gasteiger partial charge in [-0.05, 0) is 73.7 Å². The zero-order chi connectivity index (χ0) is 24.8. The van der Waals surface area contributed by atoms with Crippen LogP contribution in [0.4, 0.5) is 11.6 Å². The minimum absolute atomic E-state index is 0.0169. The maximum absolute atomic E-state index is 12.5. The van der Waals surface area contributed by atoms with Gasteiger partial charge in [0.05, 0.1) is 4.90 Å². The molecule has 0 saturated carbocycles. The molecule has 0 aliphatic carbocycles. The van der Waals surface area contributed by atoms with E-state index in [-0.39, 0.29) is 29.0 Å². The summed E-state index contributed by atoms with van der Waals surface area (Å²) in [5.74, 6) is 0.467. The Morgan fingerprint density at radius 3 is 2.29 bits per heavy atom. The summed E-state index contributed by atoms with van der Waals surface area (Å²) in [7, 11) is -3.88. The number of ether oxygens (including phenoxy) is 1. The van der Waals surface area contributed by atoms with Crippen molar-refractivity contribution in [1.82, 2.24) is 9.97 Å². The molecule has 0 unspecified atom stereocenters. The van der Waals surface area contributed by atoms with Crippen molar-refractivity contribution in [1.29, 1.82) is 0 Å². The summed E-state index contributed by atoms with van der Waals surface area (Å²) in [6.07, 6.45) is 2.84. The lowest BCUT2D eigenvalue weighted by molar-refractivity contribution is 0.0990. The molecule has 4 aromatic rings. The molecule has 1 amide bonds. The van der Waals surface area contributed by atoms with E-state index in [0.717, 1.165) is 0 Å². The molecule has 178 valence electrons. The Kier molecular flexibility index (Phi) is 6.88. The monoisotopic (exact) mass is 492 g/mol. The van der Waals surface area contributed by atoms with Gasteiger partial charge in [-0.25, -0.2) is 23.1 Å². The molecule has 0 aliphatic rings. The first-order valence-corrected chi connectivity index (χ1v) is 11.8. The Bertz CT molecular complexity index is 1430. The standard InChI is InChI=1S/C24H20N4O6S/c1-16(29)17-3-7-19(8-4-17)33-15-20-9-12-22(34-20)23(30)27-18-5-10-21(11-6-18)35(31,32)28-24-25-13-2-14-26-24/h2-14H,15H2,1H3,(H,27,30)(H,25,26,28). The molecular formula is C24H20N4O6S. The van der Waals surface area contributed by atoms with Crippen LogP contribution in [0.3, 0.4) is 0 Å². The van der Waals surface area contributed by atoms with Crippen molar-refractivity contribution >= 4 is 33.3 Å². The van der Waals surface area contributed by atoms with Gasteiger partial charge < -0.3 is 14.5 Å². The average Bonchev–Trinajstić information content (AvgIpc) is 3.33. The third-order valence-corrected chi connectivity index (χ3v) is 6.09. The number of carbonyl (C=O) groups excluding carboxylic acids is 2. The largest absolute Gasteiger partial charge is 0.486 e. The van der Waals surface area contributed by atoms with Crippen molar-refractivity contribution in [3.63, 3.8) is 0 Å². The van der Waals surface area contributed by atoms with Crippen LogP contribution in [0.15, 0.2) is 88.4 Å². The second kappa shape index (κ2) is 10.2. The van der Waals surface area contributed by atoms with Gasteiger partial charge in [-0.1, -0.05) is 0 Å². The Labute approximate surface area is 201 Å². The van der Waals surface area contributed by atoms with Gasteiger partial charge in [0.15, 0.2) is 11.5 Å². The molecule has 2 aromatic heterocycles. The van der Waals surface area contributed by atoms with E-state index in [1.54, 1.807) is 36.4 Å². The van der Waals surface area contributed by atoms with E-state index in [1.165, 1.54) is 49.6 Å². The molecule has 0 fully saturated rings. The number of ketones is 1. The smallest absolute Gasteiger partial charge is 0.291 e. The van der Waals surface area contributed by atoms with Crippen LogP contribution in [-0.4, -0.2) is 30.1 Å². The Balaban J connectivity index is 1.34. The maximum atomic E-state index is 12.5. The number of Topliss-reactive ketones (excluding diaryl/α,β-unsaturated/α-hetero) is 1. The Morgan fingerprint density at radius 2 is 1.63 bits per heavy atom. The quantitative estimate of drug-likeness (QED) is 0.335. The van der Waals surface area contributed by atoms with Crippen LogP contribution in [0.5, 0.6) is 5.75 Å². The Morgan fingerprint density at radius 1 is 0.943 bits per heavy atom. The number of anilines is 2. The summed E-state index contributed by atoms with van der Waals surface area (Å²) >= 11 is 0. The number of nitrogens with one attached hydrogen (secondary N) is 2. The number of aromatic nitrogens is 2. The zero-order valence-electron chi connectivity index (χ0n) is 18.5. The number of amides is 1. The van der Waals surface area contributed by atoms with Crippen LogP contribution in [0.25, 0.3) is 0 Å². The van der Waals surface area contributed by atoms with Gasteiger partial charge in [0.25, 0.3) is 15.9 Å². The summed E-state index contributed by atoms with van der Waals surface area (Å²) in [6.45, 7) is 1.58. The topological polar surface area (TPSA) is 140 Å². The Hall–Kier alpha value is -4.51. The van der Waals surface area contributed by atoms with Crippen LogP contribution < -0.4 is 14.8 Å². The lowest BCUT2D eigenvalue weighted by Gasteiger charge is -2.08. The summed E-state index contributed by atoms with van der Waals surface area (Å²) in [4.78, 5) is 31.5. The number of hydrogen-bond donors (Lipinski definition) is 2. The number of hydrogen-bond acceptors (Lipinski definition) is 8. The van der Waals surface area contributed by atoms with Crippen molar-refractivity contribution in [2.45, 2.75) is 18.4 Å². The van der Waals surface area contributed by atoms with E-state index in [4.69, 9.17) is 9.15 Å². The normalized spacial score (nSPS) is 11.0. The van der Waals surface area contributed by atoms with E-state index in [1.807, 2.05) is 0 Å². The van der Waals surface area contributed by atoms with E-state index in [0.29, 0.717) is 22.8 Å². The number of nitrogens with zero attached hydrogens (tertiary/aromatic N) is 2. The SMILES string of the molecule is CC(=O)c1ccc(OCc2ccc(C(=O)Nc3ccc(S(=O)(=O)Nc4ncccn4)cc3)o2)cc1. The molecule has 35 heavy (non-hydrogen) atoms. The van der Waals surface area contributed by atoms with E-state index < -0.39 is 15.9 Å². The predicted octanol–water partition coefficient (Wildman–Crippen LogP) is 3.90. The van der Waals surface area contributed by atoms with Crippen molar-refractivity contribution in [3.8, 4) is 5.75 Å². The molecule has 4 rings (SSSR count). The number of carbonyl (C=O) groups is 2. The molecular weight excluding hydrogens is 472 g/mol. The van der Waals surface area contributed by atoms with Gasteiger partial charge in [-0.3, -0.25) is 9.59 Å². The molecule has 2 aromatic carbocycles. The fraction of sp³-hybridized carbons (Fsp3) is 0.0833. The highest BCUT2D eigenvalue weighted by atomic mass is 32.2. The fourth-order valence-electron chi connectivity index (χ4n) is 2.96. The molecule has 0 radical (unpaired) electrons. The minimum Gasteiger partial charge on any atom is -0.486 e. The number of furan rings is 1. The molecule has 0 aliphatic heterocycles. The molecule has 2 N–H and O–H groups in total. The minimum atomic E-state index is -3.88. The van der Waals surface area contributed by atoms with Gasteiger partial charge in [-0.2, -0.15) is 0 Å². The number of benzene rings is 2. The molecule has 10 nitrogen and oxygen atoms in total. The van der Waals surface area contributed by atoms with E-state index in [2.05, 4.69) is 20.0 Å². The molecule has 0 spiro atoms. The zero-order valence-corrected chi connectivity index (χ0v) is 19.3. The lowest BCUT2D eigenvalue weighted by Crippen LogP contribution is -2.15. The summed E-state index contributed by atoms with van der Waals surface area (Å²) in [5.41, 5.74) is 0.964. The maximum Gasteiger partial charge on any atom is 0.291 e. The van der Waals surface area contributed by atoms with Crippen molar-refractivity contribution < 1.29 is 27.2 Å². The van der Waals surface area contributed by atoms with Crippen LogP contribution in [0.2, 0.25) is 0 Å². The highest BCUT2D eigenvalue weighted by Gasteiger charge is 2.17. The van der Waals surface area contributed by atoms with Crippen LogP contribution >= 0.6 is 0 Å². The van der Waals surface area contributed by atoms with Crippen molar-refractivity contribution in [3.05, 3.63) is 96.2 Å². The van der Waals surface area contributed by atoms with E-state index >= 15 is 0 Å².